The third-order valence-electron chi connectivity index (χ3n) is 4.95. The van der Waals surface area contributed by atoms with Crippen LogP contribution in [0.2, 0.25) is 0 Å². The van der Waals surface area contributed by atoms with E-state index in [9.17, 15) is 4.79 Å². The number of carbonyl (C=O) groups excluding carboxylic acids is 1. The minimum absolute atomic E-state index is 0.206. The molecule has 146 valence electrons. The van der Waals surface area contributed by atoms with Crippen molar-refractivity contribution in [1.82, 2.24) is 29.9 Å². The summed E-state index contributed by atoms with van der Waals surface area (Å²) in [6.45, 7) is 6.73. The molecule has 4 heterocycles. The molecule has 28 heavy (non-hydrogen) atoms. The average molecular weight is 380 g/mol. The number of nitrogens with zero attached hydrogens (tertiary/aromatic N) is 6. The van der Waals surface area contributed by atoms with Gasteiger partial charge in [-0.2, -0.15) is 10.2 Å². The van der Waals surface area contributed by atoms with E-state index in [0.717, 1.165) is 44.2 Å². The monoisotopic (exact) mass is 380 g/mol. The molecule has 1 aliphatic rings. The number of aromatic amines is 1. The molecule has 9 heteroatoms. The van der Waals surface area contributed by atoms with E-state index in [4.69, 9.17) is 0 Å². The Morgan fingerprint density at radius 3 is 2.64 bits per heavy atom. The second-order valence-electron chi connectivity index (χ2n) is 7.01. The van der Waals surface area contributed by atoms with Crippen molar-refractivity contribution in [2.45, 2.75) is 13.5 Å². The number of hydrogen-bond acceptors (Lipinski definition) is 6. The smallest absolute Gasteiger partial charge is 0.258 e. The maximum Gasteiger partial charge on any atom is 0.258 e. The van der Waals surface area contributed by atoms with Gasteiger partial charge < -0.3 is 10.2 Å². The molecule has 2 N–H and O–H groups in total. The number of rotatable bonds is 5. The van der Waals surface area contributed by atoms with Crippen LogP contribution in [0.5, 0.6) is 0 Å². The van der Waals surface area contributed by atoms with Gasteiger partial charge in [0.15, 0.2) is 0 Å². The molecular weight excluding hydrogens is 356 g/mol. The molecule has 3 aromatic heterocycles. The molecule has 0 aliphatic carbocycles. The number of aromatic nitrogens is 5. The van der Waals surface area contributed by atoms with Crippen LogP contribution in [0, 0.1) is 6.92 Å². The SMILES string of the molecule is Cc1cc(CN2CCN(c3ccc(NC(=O)c4cn[nH]c4)cn3)CC2)n(C)n1. The quantitative estimate of drug-likeness (QED) is 0.695. The van der Waals surface area contributed by atoms with E-state index in [2.05, 4.69) is 41.5 Å². The van der Waals surface area contributed by atoms with Gasteiger partial charge in [-0.15, -0.1) is 0 Å². The zero-order valence-electron chi connectivity index (χ0n) is 16.1. The topological polar surface area (TPSA) is 95.0 Å². The summed E-state index contributed by atoms with van der Waals surface area (Å²) in [5.41, 5.74) is 3.45. The molecule has 4 rings (SSSR count). The first-order valence-electron chi connectivity index (χ1n) is 9.31. The lowest BCUT2D eigenvalue weighted by Gasteiger charge is -2.35. The summed E-state index contributed by atoms with van der Waals surface area (Å²) in [7, 11) is 2.00. The van der Waals surface area contributed by atoms with Crippen molar-refractivity contribution in [3.63, 3.8) is 0 Å². The number of H-pyrrole nitrogens is 1. The lowest BCUT2D eigenvalue weighted by molar-refractivity contribution is 0.102. The zero-order chi connectivity index (χ0) is 19.5. The Hall–Kier alpha value is -3.20. The van der Waals surface area contributed by atoms with Crippen molar-refractivity contribution < 1.29 is 4.79 Å². The summed E-state index contributed by atoms with van der Waals surface area (Å²) in [6.07, 6.45) is 4.74. The van der Waals surface area contributed by atoms with Crippen molar-refractivity contribution >= 4 is 17.4 Å². The predicted molar refractivity (Wildman–Crippen MR) is 106 cm³/mol. The summed E-state index contributed by atoms with van der Waals surface area (Å²) in [5.74, 6) is 0.722. The molecule has 0 unspecified atom stereocenters. The van der Waals surface area contributed by atoms with Crippen LogP contribution in [0.3, 0.4) is 0 Å². The molecule has 1 amide bonds. The molecule has 0 bridgehead atoms. The van der Waals surface area contributed by atoms with Gasteiger partial charge in [0.2, 0.25) is 0 Å². The number of amides is 1. The first-order valence-corrected chi connectivity index (χ1v) is 9.31. The number of anilines is 2. The molecule has 1 fully saturated rings. The van der Waals surface area contributed by atoms with E-state index in [1.54, 1.807) is 12.4 Å². The maximum atomic E-state index is 12.1. The molecule has 3 aromatic rings. The lowest BCUT2D eigenvalue weighted by atomic mass is 10.2. The molecule has 0 saturated carbocycles. The fourth-order valence-electron chi connectivity index (χ4n) is 3.40. The van der Waals surface area contributed by atoms with Gasteiger partial charge in [-0.3, -0.25) is 19.5 Å². The number of hydrogen-bond donors (Lipinski definition) is 2. The second kappa shape index (κ2) is 7.81. The van der Waals surface area contributed by atoms with Gasteiger partial charge in [0.05, 0.1) is 35.0 Å². The highest BCUT2D eigenvalue weighted by atomic mass is 16.1. The van der Waals surface area contributed by atoms with Crippen LogP contribution in [0.25, 0.3) is 0 Å². The third-order valence-corrected chi connectivity index (χ3v) is 4.95. The van der Waals surface area contributed by atoms with Gasteiger partial charge in [0, 0.05) is 46.0 Å². The highest BCUT2D eigenvalue weighted by Crippen LogP contribution is 2.18. The average Bonchev–Trinajstić information content (AvgIpc) is 3.33. The Balaban J connectivity index is 1.31. The summed E-state index contributed by atoms with van der Waals surface area (Å²) in [6, 6.07) is 5.97. The summed E-state index contributed by atoms with van der Waals surface area (Å²) >= 11 is 0. The van der Waals surface area contributed by atoms with Crippen LogP contribution in [0.15, 0.2) is 36.8 Å². The fraction of sp³-hybridized carbons (Fsp3) is 0.368. The fourth-order valence-corrected chi connectivity index (χ4v) is 3.40. The first kappa shape index (κ1) is 18.2. The third kappa shape index (κ3) is 4.04. The van der Waals surface area contributed by atoms with Crippen LogP contribution in [-0.2, 0) is 13.6 Å². The Morgan fingerprint density at radius 1 is 1.21 bits per heavy atom. The van der Waals surface area contributed by atoms with Crippen molar-refractivity contribution in [2.75, 3.05) is 36.4 Å². The molecule has 0 spiro atoms. The van der Waals surface area contributed by atoms with Crippen molar-refractivity contribution in [2.24, 2.45) is 7.05 Å². The number of piperazine rings is 1. The molecule has 0 atom stereocenters. The van der Waals surface area contributed by atoms with Crippen molar-refractivity contribution in [3.05, 3.63) is 53.7 Å². The number of pyridine rings is 1. The Morgan fingerprint density at radius 2 is 2.04 bits per heavy atom. The molecule has 9 nitrogen and oxygen atoms in total. The maximum absolute atomic E-state index is 12.1. The van der Waals surface area contributed by atoms with Crippen LogP contribution in [-0.4, -0.2) is 61.9 Å². The molecular formula is C19H24N8O. The van der Waals surface area contributed by atoms with E-state index >= 15 is 0 Å². The molecule has 1 aliphatic heterocycles. The van der Waals surface area contributed by atoms with E-state index in [0.29, 0.717) is 11.3 Å². The van der Waals surface area contributed by atoms with Crippen LogP contribution >= 0.6 is 0 Å². The van der Waals surface area contributed by atoms with Gasteiger partial charge in [-0.05, 0) is 25.1 Å². The first-order chi connectivity index (χ1) is 13.6. The number of carbonyl (C=O) groups is 1. The minimum atomic E-state index is -0.206. The van der Waals surface area contributed by atoms with E-state index in [1.807, 2.05) is 30.8 Å². The highest BCUT2D eigenvalue weighted by molar-refractivity contribution is 6.03. The van der Waals surface area contributed by atoms with E-state index in [-0.39, 0.29) is 5.91 Å². The molecule has 0 radical (unpaired) electrons. The molecule has 1 saturated heterocycles. The van der Waals surface area contributed by atoms with Gasteiger partial charge in [0.1, 0.15) is 5.82 Å². The van der Waals surface area contributed by atoms with Gasteiger partial charge >= 0.3 is 0 Å². The Kier molecular flexibility index (Phi) is 5.07. The zero-order valence-corrected chi connectivity index (χ0v) is 16.1. The van der Waals surface area contributed by atoms with Gasteiger partial charge in [-0.1, -0.05) is 0 Å². The lowest BCUT2D eigenvalue weighted by Crippen LogP contribution is -2.46. The molecule has 0 aromatic carbocycles. The van der Waals surface area contributed by atoms with Crippen LogP contribution < -0.4 is 10.2 Å². The summed E-state index contributed by atoms with van der Waals surface area (Å²) < 4.78 is 1.96. The Labute approximate surface area is 163 Å². The Bertz CT molecular complexity index is 924. The number of aryl methyl sites for hydroxylation is 2. The van der Waals surface area contributed by atoms with E-state index < -0.39 is 0 Å². The normalized spacial score (nSPS) is 15.0. The standard InChI is InChI=1S/C19H24N8O/c1-14-9-17(25(2)24-14)13-26-5-7-27(8-6-26)18-4-3-16(12-20-18)23-19(28)15-10-21-22-11-15/h3-4,9-12H,5-8,13H2,1-2H3,(H,21,22)(H,23,28). The highest BCUT2D eigenvalue weighted by Gasteiger charge is 2.19. The van der Waals surface area contributed by atoms with Gasteiger partial charge in [0.25, 0.3) is 5.91 Å². The summed E-state index contributed by atoms with van der Waals surface area (Å²) in [5, 5.41) is 13.6. The van der Waals surface area contributed by atoms with Crippen molar-refractivity contribution in [3.8, 4) is 0 Å². The minimum Gasteiger partial charge on any atom is -0.354 e. The van der Waals surface area contributed by atoms with Crippen LogP contribution in [0.1, 0.15) is 21.7 Å². The second-order valence-corrected chi connectivity index (χ2v) is 7.01. The van der Waals surface area contributed by atoms with E-state index in [1.165, 1.54) is 11.9 Å². The number of nitrogens with one attached hydrogen (secondary N) is 2. The predicted octanol–water partition coefficient (Wildman–Crippen LogP) is 1.42. The summed E-state index contributed by atoms with van der Waals surface area (Å²) in [4.78, 5) is 21.3. The van der Waals surface area contributed by atoms with Crippen LogP contribution in [0.4, 0.5) is 11.5 Å². The van der Waals surface area contributed by atoms with Crippen molar-refractivity contribution in [1.29, 1.82) is 0 Å². The van der Waals surface area contributed by atoms with Gasteiger partial charge in [-0.25, -0.2) is 4.98 Å². The largest absolute Gasteiger partial charge is 0.354 e.